The summed E-state index contributed by atoms with van der Waals surface area (Å²) in [7, 11) is 0. The first kappa shape index (κ1) is 10.5. The van der Waals surface area contributed by atoms with Crippen LogP contribution in [0.4, 0.5) is 4.79 Å². The van der Waals surface area contributed by atoms with Gasteiger partial charge in [0.2, 0.25) is 0 Å². The molecule has 0 aromatic carbocycles. The van der Waals surface area contributed by atoms with Crippen LogP contribution in [0, 0.1) is 0 Å². The van der Waals surface area contributed by atoms with E-state index in [1.54, 1.807) is 13.8 Å². The second-order valence-electron chi connectivity index (χ2n) is 3.38. The monoisotopic (exact) mass is 200 g/mol. The van der Waals surface area contributed by atoms with Crippen LogP contribution in [0.5, 0.6) is 0 Å². The van der Waals surface area contributed by atoms with E-state index in [0.29, 0.717) is 0 Å². The molecular weight excluding hydrogens is 188 g/mol. The number of carboxylic acid groups (broad SMARTS) is 1. The molecule has 0 unspecified atom stereocenters. The first-order valence-electron chi connectivity index (χ1n) is 4.26. The number of rotatable bonds is 3. The third-order valence-corrected chi connectivity index (χ3v) is 2.00. The molecule has 1 heterocycles. The van der Waals surface area contributed by atoms with E-state index in [0.717, 1.165) is 4.90 Å². The van der Waals surface area contributed by atoms with Gasteiger partial charge in [0.1, 0.15) is 13.1 Å². The van der Waals surface area contributed by atoms with E-state index in [1.807, 2.05) is 0 Å². The van der Waals surface area contributed by atoms with Crippen LogP contribution in [-0.2, 0) is 9.59 Å². The molecule has 1 saturated heterocycles. The zero-order valence-electron chi connectivity index (χ0n) is 8.06. The lowest BCUT2D eigenvalue weighted by Crippen LogP contribution is -2.39. The molecule has 0 aliphatic carbocycles. The van der Waals surface area contributed by atoms with Crippen molar-refractivity contribution in [1.29, 1.82) is 0 Å². The van der Waals surface area contributed by atoms with Crippen molar-refractivity contribution >= 4 is 17.9 Å². The zero-order chi connectivity index (χ0) is 10.9. The molecule has 0 aromatic heterocycles. The molecule has 1 aliphatic rings. The van der Waals surface area contributed by atoms with Gasteiger partial charge in [-0.25, -0.2) is 4.79 Å². The van der Waals surface area contributed by atoms with Crippen LogP contribution in [-0.4, -0.2) is 51.9 Å². The number of aliphatic carboxylic acids is 1. The van der Waals surface area contributed by atoms with Gasteiger partial charge in [-0.05, 0) is 13.8 Å². The van der Waals surface area contributed by atoms with E-state index < -0.39 is 24.5 Å². The van der Waals surface area contributed by atoms with Crippen molar-refractivity contribution in [3.63, 3.8) is 0 Å². The minimum absolute atomic E-state index is 0.0240. The maximum atomic E-state index is 11.5. The fourth-order valence-corrected chi connectivity index (χ4v) is 1.25. The lowest BCUT2D eigenvalue weighted by atomic mass is 10.3. The van der Waals surface area contributed by atoms with Crippen LogP contribution in [0.2, 0.25) is 0 Å². The van der Waals surface area contributed by atoms with Gasteiger partial charge in [-0.1, -0.05) is 0 Å². The summed E-state index contributed by atoms with van der Waals surface area (Å²) in [5.74, 6) is -1.64. The number of carbonyl (C=O) groups excluding carboxylic acids is 2. The van der Waals surface area contributed by atoms with Crippen LogP contribution in [0.1, 0.15) is 13.8 Å². The smallest absolute Gasteiger partial charge is 0.328 e. The van der Waals surface area contributed by atoms with E-state index >= 15 is 0 Å². The molecule has 0 atom stereocenters. The molecule has 3 amide bonds. The Hall–Kier alpha value is -1.59. The zero-order valence-corrected chi connectivity index (χ0v) is 8.06. The van der Waals surface area contributed by atoms with E-state index in [9.17, 15) is 14.4 Å². The van der Waals surface area contributed by atoms with Crippen molar-refractivity contribution in [2.45, 2.75) is 19.9 Å². The van der Waals surface area contributed by atoms with Gasteiger partial charge >= 0.3 is 12.0 Å². The maximum Gasteiger partial charge on any atom is 0.328 e. The number of hydrogen-bond acceptors (Lipinski definition) is 3. The Morgan fingerprint density at radius 3 is 2.43 bits per heavy atom. The number of imide groups is 1. The average Bonchev–Trinajstić information content (AvgIpc) is 2.31. The normalized spacial score (nSPS) is 17.1. The van der Waals surface area contributed by atoms with Crippen LogP contribution in [0.25, 0.3) is 0 Å². The first-order valence-corrected chi connectivity index (χ1v) is 4.26. The summed E-state index contributed by atoms with van der Waals surface area (Å²) >= 11 is 0. The Labute approximate surface area is 81.1 Å². The predicted molar refractivity (Wildman–Crippen MR) is 46.6 cm³/mol. The van der Waals surface area contributed by atoms with Crippen molar-refractivity contribution in [2.75, 3.05) is 13.1 Å². The van der Waals surface area contributed by atoms with E-state index in [1.165, 1.54) is 4.90 Å². The van der Waals surface area contributed by atoms with Crippen molar-refractivity contribution in [2.24, 2.45) is 0 Å². The van der Waals surface area contributed by atoms with Gasteiger partial charge in [0.25, 0.3) is 5.91 Å². The van der Waals surface area contributed by atoms with Gasteiger partial charge in [0.15, 0.2) is 0 Å². The first-order chi connectivity index (χ1) is 6.43. The van der Waals surface area contributed by atoms with Crippen molar-refractivity contribution in [1.82, 2.24) is 9.80 Å². The highest BCUT2D eigenvalue weighted by Crippen LogP contribution is 2.12. The van der Waals surface area contributed by atoms with Crippen LogP contribution in [0.3, 0.4) is 0 Å². The van der Waals surface area contributed by atoms with Crippen molar-refractivity contribution < 1.29 is 19.5 Å². The largest absolute Gasteiger partial charge is 0.480 e. The van der Waals surface area contributed by atoms with Crippen LogP contribution in [0.15, 0.2) is 0 Å². The molecule has 6 nitrogen and oxygen atoms in total. The molecule has 1 aliphatic heterocycles. The van der Waals surface area contributed by atoms with Gasteiger partial charge in [0, 0.05) is 6.04 Å². The summed E-state index contributed by atoms with van der Waals surface area (Å²) in [5, 5.41) is 8.47. The van der Waals surface area contributed by atoms with E-state index in [4.69, 9.17) is 5.11 Å². The Balaban J connectivity index is 2.75. The summed E-state index contributed by atoms with van der Waals surface area (Å²) in [6.07, 6.45) is 0. The predicted octanol–water partition coefficient (Wildman–Crippen LogP) is -0.256. The second-order valence-corrected chi connectivity index (χ2v) is 3.38. The second kappa shape index (κ2) is 3.65. The lowest BCUT2D eigenvalue weighted by Gasteiger charge is -2.19. The van der Waals surface area contributed by atoms with Crippen LogP contribution < -0.4 is 0 Å². The Bertz CT molecular complexity index is 287. The summed E-state index contributed by atoms with van der Waals surface area (Å²) < 4.78 is 0. The number of carboxylic acids is 1. The molecule has 0 saturated carbocycles. The minimum Gasteiger partial charge on any atom is -0.480 e. The number of nitrogens with zero attached hydrogens (tertiary/aromatic N) is 2. The van der Waals surface area contributed by atoms with E-state index in [2.05, 4.69) is 0 Å². The fourth-order valence-electron chi connectivity index (χ4n) is 1.25. The highest BCUT2D eigenvalue weighted by atomic mass is 16.4. The summed E-state index contributed by atoms with van der Waals surface area (Å²) in [5.41, 5.74) is 0. The highest BCUT2D eigenvalue weighted by Gasteiger charge is 2.38. The van der Waals surface area contributed by atoms with Gasteiger partial charge in [-0.3, -0.25) is 14.5 Å². The molecule has 78 valence electrons. The van der Waals surface area contributed by atoms with Crippen LogP contribution >= 0.6 is 0 Å². The Kier molecular flexibility index (Phi) is 2.73. The average molecular weight is 200 g/mol. The maximum absolute atomic E-state index is 11.5. The molecular formula is C8H12N2O4. The van der Waals surface area contributed by atoms with Crippen molar-refractivity contribution in [3.8, 4) is 0 Å². The Morgan fingerprint density at radius 1 is 1.50 bits per heavy atom. The topological polar surface area (TPSA) is 77.9 Å². The van der Waals surface area contributed by atoms with Crippen molar-refractivity contribution in [3.05, 3.63) is 0 Å². The van der Waals surface area contributed by atoms with Gasteiger partial charge < -0.3 is 10.0 Å². The van der Waals surface area contributed by atoms with Gasteiger partial charge in [-0.15, -0.1) is 0 Å². The lowest BCUT2D eigenvalue weighted by molar-refractivity contribution is -0.141. The Morgan fingerprint density at radius 2 is 2.07 bits per heavy atom. The number of amides is 3. The third kappa shape index (κ3) is 1.84. The SMILES string of the molecule is CC(C)N1CC(=O)N(CC(=O)O)C1=O. The molecule has 1 rings (SSSR count). The standard InChI is InChI=1S/C8H12N2O4/c1-5(2)9-3-6(11)10(8(9)14)4-7(12)13/h5H,3-4H2,1-2H3,(H,12,13). The molecule has 6 heteroatoms. The van der Waals surface area contributed by atoms with Gasteiger partial charge in [-0.2, -0.15) is 0 Å². The molecule has 1 fully saturated rings. The third-order valence-electron chi connectivity index (χ3n) is 2.00. The summed E-state index contributed by atoms with van der Waals surface area (Å²) in [6, 6.07) is -0.613. The minimum atomic E-state index is -1.18. The fraction of sp³-hybridized carbons (Fsp3) is 0.625. The molecule has 0 bridgehead atoms. The summed E-state index contributed by atoms with van der Waals surface area (Å²) in [4.78, 5) is 35.1. The number of carbonyl (C=O) groups is 3. The molecule has 1 N–H and O–H groups in total. The quantitative estimate of drug-likeness (QED) is 0.637. The summed E-state index contributed by atoms with van der Waals surface area (Å²) in [6.45, 7) is 2.97. The molecule has 14 heavy (non-hydrogen) atoms. The highest BCUT2D eigenvalue weighted by molar-refractivity contribution is 6.04. The molecule has 0 aromatic rings. The molecule has 0 spiro atoms. The van der Waals surface area contributed by atoms with E-state index in [-0.39, 0.29) is 12.6 Å². The number of hydrogen-bond donors (Lipinski definition) is 1. The molecule has 0 radical (unpaired) electrons. The van der Waals surface area contributed by atoms with Gasteiger partial charge in [0.05, 0.1) is 0 Å². The number of urea groups is 1.